The maximum atomic E-state index is 12.0. The lowest BCUT2D eigenvalue weighted by Crippen LogP contribution is -2.49. The molecule has 1 aromatic carbocycles. The van der Waals surface area contributed by atoms with Gasteiger partial charge < -0.3 is 10.2 Å². The van der Waals surface area contributed by atoms with Gasteiger partial charge in [0.15, 0.2) is 5.13 Å². The highest BCUT2D eigenvalue weighted by Gasteiger charge is 2.24. The number of hydrogen-bond donors (Lipinski definition) is 2. The van der Waals surface area contributed by atoms with E-state index in [0.717, 1.165) is 47.2 Å². The number of aromatic nitrogens is 1. The number of rotatable bonds is 2. The molecule has 0 unspecified atom stereocenters. The Kier molecular flexibility index (Phi) is 3.62. The van der Waals surface area contributed by atoms with E-state index >= 15 is 0 Å². The predicted octanol–water partition coefficient (Wildman–Crippen LogP) is 1.15. The highest BCUT2D eigenvalue weighted by atomic mass is 32.1. The summed E-state index contributed by atoms with van der Waals surface area (Å²) in [6.07, 6.45) is 0.326. The van der Waals surface area contributed by atoms with Crippen LogP contribution >= 0.6 is 11.3 Å². The number of amides is 3. The van der Waals surface area contributed by atoms with Crippen molar-refractivity contribution >= 4 is 44.3 Å². The first-order valence-electron chi connectivity index (χ1n) is 7.68. The molecule has 2 aromatic rings. The topological polar surface area (TPSA) is 77.6 Å². The van der Waals surface area contributed by atoms with Crippen LogP contribution in [-0.4, -0.2) is 49.6 Å². The van der Waals surface area contributed by atoms with Gasteiger partial charge in [-0.05, 0) is 18.2 Å². The first-order valence-corrected chi connectivity index (χ1v) is 8.50. The summed E-state index contributed by atoms with van der Waals surface area (Å²) in [4.78, 5) is 31.8. The van der Waals surface area contributed by atoms with Crippen LogP contribution in [0.4, 0.5) is 15.6 Å². The molecular formula is C15H17N5O2S. The maximum absolute atomic E-state index is 12.0. The number of hydrogen-bond acceptors (Lipinski definition) is 6. The number of fused-ring (bicyclic) bond motifs is 1. The first kappa shape index (κ1) is 14.4. The predicted molar refractivity (Wildman–Crippen MR) is 90.2 cm³/mol. The third kappa shape index (κ3) is 2.75. The minimum atomic E-state index is -0.363. The van der Waals surface area contributed by atoms with Crippen LogP contribution < -0.4 is 20.4 Å². The number of carbonyl (C=O) groups excluding carboxylic acids is 2. The summed E-state index contributed by atoms with van der Waals surface area (Å²) in [5.74, 6) is -0.220. The SMILES string of the molecule is O=C1CCN(c2ccc3sc(N4CCNCC4)nc3c2)C(=O)N1. The molecule has 0 aliphatic carbocycles. The van der Waals surface area contributed by atoms with Crippen molar-refractivity contribution in [3.63, 3.8) is 0 Å². The van der Waals surface area contributed by atoms with E-state index in [2.05, 4.69) is 15.5 Å². The minimum absolute atomic E-state index is 0.220. The number of anilines is 2. The molecule has 120 valence electrons. The summed E-state index contributed by atoms with van der Waals surface area (Å²) < 4.78 is 1.11. The van der Waals surface area contributed by atoms with Crippen LogP contribution in [0.2, 0.25) is 0 Å². The summed E-state index contributed by atoms with van der Waals surface area (Å²) in [6, 6.07) is 5.47. The lowest BCUT2D eigenvalue weighted by atomic mass is 10.2. The molecule has 0 atom stereocenters. The second-order valence-corrected chi connectivity index (χ2v) is 6.65. The normalized spacial score (nSPS) is 19.3. The molecule has 3 heterocycles. The zero-order chi connectivity index (χ0) is 15.8. The third-order valence-electron chi connectivity index (χ3n) is 4.11. The van der Waals surface area contributed by atoms with Gasteiger partial charge in [0, 0.05) is 44.8 Å². The van der Waals surface area contributed by atoms with Crippen molar-refractivity contribution in [3.05, 3.63) is 18.2 Å². The van der Waals surface area contributed by atoms with E-state index in [0.29, 0.717) is 13.0 Å². The highest BCUT2D eigenvalue weighted by molar-refractivity contribution is 7.22. The van der Waals surface area contributed by atoms with E-state index in [-0.39, 0.29) is 11.9 Å². The van der Waals surface area contributed by atoms with Crippen molar-refractivity contribution in [2.75, 3.05) is 42.5 Å². The van der Waals surface area contributed by atoms with E-state index < -0.39 is 0 Å². The van der Waals surface area contributed by atoms with E-state index in [1.807, 2.05) is 18.2 Å². The molecule has 0 spiro atoms. The fraction of sp³-hybridized carbons (Fsp3) is 0.400. The second-order valence-electron chi connectivity index (χ2n) is 5.64. The molecule has 0 bridgehead atoms. The number of urea groups is 1. The maximum Gasteiger partial charge on any atom is 0.328 e. The molecule has 0 saturated carbocycles. The molecule has 0 radical (unpaired) electrons. The molecule has 23 heavy (non-hydrogen) atoms. The number of piperazine rings is 1. The van der Waals surface area contributed by atoms with E-state index in [9.17, 15) is 9.59 Å². The van der Waals surface area contributed by atoms with Crippen LogP contribution in [0.1, 0.15) is 6.42 Å². The van der Waals surface area contributed by atoms with Gasteiger partial charge in [-0.25, -0.2) is 9.78 Å². The zero-order valence-electron chi connectivity index (χ0n) is 12.5. The van der Waals surface area contributed by atoms with E-state index in [1.165, 1.54) is 0 Å². The van der Waals surface area contributed by atoms with Gasteiger partial charge >= 0.3 is 6.03 Å². The van der Waals surface area contributed by atoms with Crippen molar-refractivity contribution in [2.45, 2.75) is 6.42 Å². The van der Waals surface area contributed by atoms with E-state index in [4.69, 9.17) is 4.98 Å². The fourth-order valence-electron chi connectivity index (χ4n) is 2.87. The summed E-state index contributed by atoms with van der Waals surface area (Å²) in [6.45, 7) is 4.28. The van der Waals surface area contributed by atoms with Gasteiger partial charge in [-0.15, -0.1) is 0 Å². The van der Waals surface area contributed by atoms with Gasteiger partial charge in [0.1, 0.15) is 0 Å². The summed E-state index contributed by atoms with van der Waals surface area (Å²) >= 11 is 1.67. The van der Waals surface area contributed by atoms with Crippen LogP contribution in [-0.2, 0) is 4.79 Å². The Labute approximate surface area is 137 Å². The zero-order valence-corrected chi connectivity index (χ0v) is 13.4. The Morgan fingerprint density at radius 3 is 2.74 bits per heavy atom. The Morgan fingerprint density at radius 1 is 1.13 bits per heavy atom. The van der Waals surface area contributed by atoms with Gasteiger partial charge in [-0.3, -0.25) is 15.0 Å². The molecule has 8 heteroatoms. The van der Waals surface area contributed by atoms with Crippen molar-refractivity contribution in [3.8, 4) is 0 Å². The van der Waals surface area contributed by atoms with Crippen molar-refractivity contribution in [1.29, 1.82) is 0 Å². The fourth-order valence-corrected chi connectivity index (χ4v) is 3.87. The number of benzene rings is 1. The van der Waals surface area contributed by atoms with Crippen LogP contribution in [0.15, 0.2) is 18.2 Å². The van der Waals surface area contributed by atoms with Crippen molar-refractivity contribution in [1.82, 2.24) is 15.6 Å². The number of carbonyl (C=O) groups is 2. The number of nitrogens with one attached hydrogen (secondary N) is 2. The standard InChI is InChI=1S/C15H17N5O2S/c21-13-3-6-20(14(22)18-13)10-1-2-12-11(9-10)17-15(23-12)19-7-4-16-5-8-19/h1-2,9,16H,3-8H2,(H,18,21,22). The Morgan fingerprint density at radius 2 is 1.96 bits per heavy atom. The molecule has 1 aromatic heterocycles. The summed E-state index contributed by atoms with van der Waals surface area (Å²) in [7, 11) is 0. The average molecular weight is 331 g/mol. The number of thiazole rings is 1. The minimum Gasteiger partial charge on any atom is -0.346 e. The largest absolute Gasteiger partial charge is 0.346 e. The lowest BCUT2D eigenvalue weighted by Gasteiger charge is -2.26. The van der Waals surface area contributed by atoms with Gasteiger partial charge in [-0.2, -0.15) is 0 Å². The van der Waals surface area contributed by atoms with Gasteiger partial charge in [0.2, 0.25) is 5.91 Å². The first-order chi connectivity index (χ1) is 11.2. The Balaban J connectivity index is 1.62. The molecule has 3 amide bonds. The smallest absolute Gasteiger partial charge is 0.328 e. The molecule has 2 aliphatic rings. The van der Waals surface area contributed by atoms with Crippen LogP contribution in [0, 0.1) is 0 Å². The quantitative estimate of drug-likeness (QED) is 0.863. The summed E-state index contributed by atoms with van der Waals surface area (Å²) in [5, 5.41) is 6.71. The van der Waals surface area contributed by atoms with Crippen LogP contribution in [0.25, 0.3) is 10.2 Å². The molecule has 2 saturated heterocycles. The molecule has 2 N–H and O–H groups in total. The van der Waals surface area contributed by atoms with Crippen molar-refractivity contribution in [2.24, 2.45) is 0 Å². The molecule has 4 rings (SSSR count). The molecule has 2 aliphatic heterocycles. The van der Waals surface area contributed by atoms with Gasteiger partial charge in [0.25, 0.3) is 0 Å². The third-order valence-corrected chi connectivity index (χ3v) is 5.21. The lowest BCUT2D eigenvalue weighted by molar-refractivity contribution is -0.120. The van der Waals surface area contributed by atoms with Crippen LogP contribution in [0.3, 0.4) is 0 Å². The van der Waals surface area contributed by atoms with Crippen LogP contribution in [0.5, 0.6) is 0 Å². The molecule has 2 fully saturated rings. The van der Waals surface area contributed by atoms with E-state index in [1.54, 1.807) is 16.2 Å². The highest BCUT2D eigenvalue weighted by Crippen LogP contribution is 2.32. The van der Waals surface area contributed by atoms with Crippen molar-refractivity contribution < 1.29 is 9.59 Å². The monoisotopic (exact) mass is 331 g/mol. The summed E-state index contributed by atoms with van der Waals surface area (Å²) in [5.41, 5.74) is 1.67. The Bertz CT molecular complexity index is 768. The second kappa shape index (κ2) is 5.78. The average Bonchev–Trinajstić information content (AvgIpc) is 2.99. The van der Waals surface area contributed by atoms with Gasteiger partial charge in [-0.1, -0.05) is 11.3 Å². The van der Waals surface area contributed by atoms with Gasteiger partial charge in [0.05, 0.1) is 10.2 Å². The molecular weight excluding hydrogens is 314 g/mol. The molecule has 7 nitrogen and oxygen atoms in total. The number of imide groups is 1. The Hall–Kier alpha value is -2.19. The number of nitrogens with zero attached hydrogens (tertiary/aromatic N) is 3.